The topological polar surface area (TPSA) is 66.1 Å². The van der Waals surface area contributed by atoms with Crippen LogP contribution in [-0.4, -0.2) is 25.2 Å². The van der Waals surface area contributed by atoms with Gasteiger partial charge in [-0.2, -0.15) is 5.10 Å². The molecule has 0 saturated carbocycles. The number of benzene rings is 1. The molecule has 0 aliphatic carbocycles. The fourth-order valence-corrected chi connectivity index (χ4v) is 4.68. The molecule has 0 radical (unpaired) electrons. The molecule has 1 N–H and O–H groups in total. The highest BCUT2D eigenvalue weighted by Gasteiger charge is 2.34. The molecule has 1 aliphatic rings. The molecular weight excluding hydrogens is 298 g/mol. The van der Waals surface area contributed by atoms with Crippen LogP contribution in [0.2, 0.25) is 0 Å². The van der Waals surface area contributed by atoms with Crippen LogP contribution in [0.3, 0.4) is 0 Å². The van der Waals surface area contributed by atoms with E-state index in [4.69, 9.17) is 11.6 Å². The molecule has 1 aromatic heterocycles. The molecule has 7 heteroatoms. The number of hydrogen-bond acceptors (Lipinski definition) is 3. The van der Waals surface area contributed by atoms with Crippen molar-refractivity contribution >= 4 is 27.3 Å². The minimum absolute atomic E-state index is 0.0639. The molecule has 0 amide bonds. The summed E-state index contributed by atoms with van der Waals surface area (Å²) in [4.78, 5) is 0.198. The van der Waals surface area contributed by atoms with Crippen molar-refractivity contribution in [3.05, 3.63) is 41.2 Å². The van der Waals surface area contributed by atoms with Crippen LogP contribution in [0, 0.1) is 6.92 Å². The van der Waals surface area contributed by atoms with Crippen molar-refractivity contribution in [2.75, 3.05) is 10.8 Å². The molecule has 1 aromatic carbocycles. The Morgan fingerprint density at radius 1 is 1.40 bits per heavy atom. The number of fused-ring (bicyclic) bond motifs is 1. The van der Waals surface area contributed by atoms with Gasteiger partial charge >= 0.3 is 0 Å². The Labute approximate surface area is 122 Å². The standard InChI is InChI=1S/C13H14ClN3O2S/c1-9-13(11(8-14)16-15-9)20(18,19)17-7-6-10-4-2-3-5-12(10)17/h2-5H,6-8H2,1H3,(H,15,16). The molecule has 0 fully saturated rings. The number of alkyl halides is 1. The van der Waals surface area contributed by atoms with Crippen molar-refractivity contribution in [1.82, 2.24) is 10.2 Å². The number of aromatic amines is 1. The van der Waals surface area contributed by atoms with Gasteiger partial charge in [0.05, 0.1) is 23.0 Å². The van der Waals surface area contributed by atoms with E-state index in [0.29, 0.717) is 17.9 Å². The third-order valence-corrected chi connectivity index (χ3v) is 5.75. The van der Waals surface area contributed by atoms with E-state index in [2.05, 4.69) is 10.2 Å². The predicted molar refractivity (Wildman–Crippen MR) is 77.6 cm³/mol. The minimum Gasteiger partial charge on any atom is -0.281 e. The lowest BCUT2D eigenvalue weighted by molar-refractivity contribution is 0.591. The Morgan fingerprint density at radius 2 is 2.15 bits per heavy atom. The number of anilines is 1. The summed E-state index contributed by atoms with van der Waals surface area (Å²) in [5.41, 5.74) is 2.68. The van der Waals surface area contributed by atoms with Gasteiger partial charge in [0, 0.05) is 6.54 Å². The number of nitrogens with zero attached hydrogens (tertiary/aromatic N) is 2. The van der Waals surface area contributed by atoms with Crippen molar-refractivity contribution in [3.8, 4) is 0 Å². The van der Waals surface area contributed by atoms with Gasteiger partial charge in [0.1, 0.15) is 4.90 Å². The van der Waals surface area contributed by atoms with Crippen molar-refractivity contribution in [1.29, 1.82) is 0 Å². The van der Waals surface area contributed by atoms with Crippen LogP contribution in [0.15, 0.2) is 29.2 Å². The maximum atomic E-state index is 12.9. The lowest BCUT2D eigenvalue weighted by atomic mass is 10.2. The fraction of sp³-hybridized carbons (Fsp3) is 0.308. The number of aromatic nitrogens is 2. The number of aryl methyl sites for hydroxylation is 1. The highest BCUT2D eigenvalue weighted by Crippen LogP contribution is 2.34. The molecule has 2 heterocycles. The summed E-state index contributed by atoms with van der Waals surface area (Å²) in [6.07, 6.45) is 0.725. The second kappa shape index (κ2) is 4.79. The number of para-hydroxylation sites is 1. The van der Waals surface area contributed by atoms with E-state index in [1.165, 1.54) is 4.31 Å². The number of halogens is 1. The Bertz CT molecular complexity index is 755. The second-order valence-corrected chi connectivity index (χ2v) is 6.78. The monoisotopic (exact) mass is 311 g/mol. The number of H-pyrrole nitrogens is 1. The van der Waals surface area contributed by atoms with Crippen molar-refractivity contribution < 1.29 is 8.42 Å². The van der Waals surface area contributed by atoms with Crippen LogP contribution in [0.1, 0.15) is 17.0 Å². The largest absolute Gasteiger partial charge is 0.281 e. The van der Waals surface area contributed by atoms with Gasteiger partial charge in [-0.05, 0) is 25.0 Å². The van der Waals surface area contributed by atoms with Crippen molar-refractivity contribution in [2.24, 2.45) is 0 Å². The van der Waals surface area contributed by atoms with E-state index in [0.717, 1.165) is 17.7 Å². The Balaban J connectivity index is 2.13. The number of hydrogen-bond donors (Lipinski definition) is 1. The third-order valence-electron chi connectivity index (χ3n) is 3.48. The van der Waals surface area contributed by atoms with Gasteiger partial charge in [0.15, 0.2) is 0 Å². The summed E-state index contributed by atoms with van der Waals surface area (Å²) in [7, 11) is -3.63. The Hall–Kier alpha value is -1.53. The zero-order valence-corrected chi connectivity index (χ0v) is 12.5. The van der Waals surface area contributed by atoms with Crippen LogP contribution in [0.5, 0.6) is 0 Å². The summed E-state index contributed by atoms with van der Waals surface area (Å²) < 4.78 is 27.2. The molecule has 0 spiro atoms. The quantitative estimate of drug-likeness (QED) is 0.884. The number of rotatable bonds is 3. The normalized spacial score (nSPS) is 14.6. The van der Waals surface area contributed by atoms with Crippen molar-refractivity contribution in [3.63, 3.8) is 0 Å². The first-order chi connectivity index (χ1) is 9.55. The number of nitrogens with one attached hydrogen (secondary N) is 1. The van der Waals surface area contributed by atoms with Gasteiger partial charge in [0.2, 0.25) is 0 Å². The first-order valence-corrected chi connectivity index (χ1v) is 8.23. The van der Waals surface area contributed by atoms with Crippen LogP contribution < -0.4 is 4.31 Å². The van der Waals surface area contributed by atoms with Gasteiger partial charge < -0.3 is 0 Å². The SMILES string of the molecule is Cc1[nH]nc(CCl)c1S(=O)(=O)N1CCc2ccccc21. The molecule has 0 unspecified atom stereocenters. The molecule has 0 atom stereocenters. The van der Waals surface area contributed by atoms with Crippen molar-refractivity contribution in [2.45, 2.75) is 24.1 Å². The van der Waals surface area contributed by atoms with Crippen LogP contribution in [0.4, 0.5) is 5.69 Å². The average Bonchev–Trinajstić information content (AvgIpc) is 3.02. The maximum absolute atomic E-state index is 12.9. The van der Waals surface area contributed by atoms with E-state index in [9.17, 15) is 8.42 Å². The molecule has 20 heavy (non-hydrogen) atoms. The van der Waals surface area contributed by atoms with E-state index in [1.54, 1.807) is 6.92 Å². The third kappa shape index (κ3) is 1.91. The first-order valence-electron chi connectivity index (χ1n) is 6.26. The average molecular weight is 312 g/mol. The lowest BCUT2D eigenvalue weighted by Crippen LogP contribution is -2.30. The zero-order valence-electron chi connectivity index (χ0n) is 10.9. The molecule has 106 valence electrons. The summed E-state index contributed by atoms with van der Waals surface area (Å²) in [6.45, 7) is 2.14. The van der Waals surface area contributed by atoms with E-state index < -0.39 is 10.0 Å². The van der Waals surface area contributed by atoms with E-state index in [-0.39, 0.29) is 10.8 Å². The van der Waals surface area contributed by atoms with Gasteiger partial charge in [-0.25, -0.2) is 8.42 Å². The fourth-order valence-electron chi connectivity index (χ4n) is 2.57. The summed E-state index contributed by atoms with van der Waals surface area (Å²) in [5, 5.41) is 6.67. The Morgan fingerprint density at radius 3 is 2.90 bits per heavy atom. The molecular formula is C13H14ClN3O2S. The van der Waals surface area contributed by atoms with Crippen LogP contribution >= 0.6 is 11.6 Å². The van der Waals surface area contributed by atoms with E-state index >= 15 is 0 Å². The number of sulfonamides is 1. The highest BCUT2D eigenvalue weighted by atomic mass is 35.5. The molecule has 1 aliphatic heterocycles. The van der Waals surface area contributed by atoms with Gasteiger partial charge in [-0.3, -0.25) is 9.40 Å². The summed E-state index contributed by atoms with van der Waals surface area (Å²) >= 11 is 5.79. The van der Waals surface area contributed by atoms with Gasteiger partial charge in [-0.1, -0.05) is 18.2 Å². The van der Waals surface area contributed by atoms with Crippen LogP contribution in [-0.2, 0) is 22.3 Å². The second-order valence-electron chi connectivity index (χ2n) is 4.71. The van der Waals surface area contributed by atoms with Gasteiger partial charge in [-0.15, -0.1) is 11.6 Å². The molecule has 2 aromatic rings. The molecule has 3 rings (SSSR count). The van der Waals surface area contributed by atoms with Crippen LogP contribution in [0.25, 0.3) is 0 Å². The zero-order chi connectivity index (χ0) is 14.3. The summed E-state index contributed by atoms with van der Waals surface area (Å²) in [5.74, 6) is 0.0639. The molecule has 0 bridgehead atoms. The molecule has 5 nitrogen and oxygen atoms in total. The lowest BCUT2D eigenvalue weighted by Gasteiger charge is -2.19. The van der Waals surface area contributed by atoms with Gasteiger partial charge in [0.25, 0.3) is 10.0 Å². The smallest absolute Gasteiger partial charge is 0.268 e. The minimum atomic E-state index is -3.63. The first kappa shape index (κ1) is 13.5. The molecule has 0 saturated heterocycles. The highest BCUT2D eigenvalue weighted by molar-refractivity contribution is 7.93. The summed E-state index contributed by atoms with van der Waals surface area (Å²) in [6, 6.07) is 7.55. The maximum Gasteiger partial charge on any atom is 0.268 e. The van der Waals surface area contributed by atoms with E-state index in [1.807, 2.05) is 24.3 Å². The Kier molecular flexibility index (Phi) is 3.22. The predicted octanol–water partition coefficient (Wildman–Crippen LogP) is 2.21.